The van der Waals surface area contributed by atoms with Crippen LogP contribution in [0.5, 0.6) is 0 Å². The number of allylic oxidation sites excluding steroid dienone is 1. The van der Waals surface area contributed by atoms with Crippen LogP contribution in [-0.2, 0) is 0 Å². The predicted molar refractivity (Wildman–Crippen MR) is 71.2 cm³/mol. The van der Waals surface area contributed by atoms with Gasteiger partial charge in [0.25, 0.3) is 6.43 Å². The molecule has 3 heteroatoms. The summed E-state index contributed by atoms with van der Waals surface area (Å²) in [6.07, 6.45) is 0.195. The van der Waals surface area contributed by atoms with Crippen LogP contribution in [0.2, 0.25) is 0 Å². The summed E-state index contributed by atoms with van der Waals surface area (Å²) in [6, 6.07) is 14.8. The Bertz CT molecular complexity index is 589. The molecule has 0 saturated carbocycles. The zero-order valence-electron chi connectivity index (χ0n) is 10.1. The fraction of sp³-hybridized carbons (Fsp3) is 0.0625. The molecule has 0 N–H and O–H groups in total. The third-order valence-corrected chi connectivity index (χ3v) is 2.70. The van der Waals surface area contributed by atoms with Crippen LogP contribution in [0.15, 0.2) is 60.7 Å². The first-order valence-electron chi connectivity index (χ1n) is 5.83. The van der Waals surface area contributed by atoms with Crippen LogP contribution in [0.25, 0.3) is 6.08 Å². The lowest BCUT2D eigenvalue weighted by atomic mass is 10.1. The molecule has 0 radical (unpaired) electrons. The molecular formula is C16H12F2O. The second kappa shape index (κ2) is 6.05. The number of hydrogen-bond acceptors (Lipinski definition) is 1. The molecule has 2 rings (SSSR count). The second-order valence-corrected chi connectivity index (χ2v) is 3.99. The van der Waals surface area contributed by atoms with Crippen molar-refractivity contribution in [2.24, 2.45) is 0 Å². The maximum Gasteiger partial charge on any atom is 0.264 e. The fourth-order valence-corrected chi connectivity index (χ4v) is 1.73. The summed E-state index contributed by atoms with van der Waals surface area (Å²) in [4.78, 5) is 11.8. The second-order valence-electron chi connectivity index (χ2n) is 3.99. The van der Waals surface area contributed by atoms with Gasteiger partial charge in [0.2, 0.25) is 0 Å². The molecule has 0 atom stereocenters. The van der Waals surface area contributed by atoms with E-state index in [4.69, 9.17) is 0 Å². The van der Waals surface area contributed by atoms with E-state index in [1.165, 1.54) is 18.2 Å². The third kappa shape index (κ3) is 3.35. The lowest BCUT2D eigenvalue weighted by Gasteiger charge is -2.03. The molecule has 96 valence electrons. The van der Waals surface area contributed by atoms with E-state index in [2.05, 4.69) is 0 Å². The van der Waals surface area contributed by atoms with Crippen molar-refractivity contribution in [3.63, 3.8) is 0 Å². The molecule has 0 fully saturated rings. The SMILES string of the molecule is O=C(C=Cc1ccccc1C(F)F)c1ccccc1. The fourth-order valence-electron chi connectivity index (χ4n) is 1.73. The Morgan fingerprint density at radius 1 is 0.947 bits per heavy atom. The minimum atomic E-state index is -2.55. The van der Waals surface area contributed by atoms with E-state index in [1.54, 1.807) is 42.5 Å². The Morgan fingerprint density at radius 2 is 1.58 bits per heavy atom. The highest BCUT2D eigenvalue weighted by atomic mass is 19.3. The number of halogens is 2. The lowest BCUT2D eigenvalue weighted by molar-refractivity contribution is 0.104. The molecule has 1 nitrogen and oxygen atoms in total. The average molecular weight is 258 g/mol. The van der Waals surface area contributed by atoms with E-state index in [0.29, 0.717) is 11.1 Å². The van der Waals surface area contributed by atoms with Gasteiger partial charge >= 0.3 is 0 Å². The highest BCUT2D eigenvalue weighted by molar-refractivity contribution is 6.06. The van der Waals surface area contributed by atoms with Gasteiger partial charge in [-0.25, -0.2) is 8.78 Å². The van der Waals surface area contributed by atoms with Gasteiger partial charge in [-0.1, -0.05) is 60.7 Å². The van der Waals surface area contributed by atoms with Crippen molar-refractivity contribution in [3.8, 4) is 0 Å². The molecule has 0 aliphatic carbocycles. The Kier molecular flexibility index (Phi) is 4.18. The van der Waals surface area contributed by atoms with Crippen LogP contribution < -0.4 is 0 Å². The maximum absolute atomic E-state index is 12.8. The van der Waals surface area contributed by atoms with Gasteiger partial charge in [0.05, 0.1) is 0 Å². The summed E-state index contributed by atoms with van der Waals surface area (Å²) >= 11 is 0. The summed E-state index contributed by atoms with van der Waals surface area (Å²) in [5, 5.41) is 0. The first-order valence-corrected chi connectivity index (χ1v) is 5.83. The maximum atomic E-state index is 12.8. The Labute approximate surface area is 110 Å². The largest absolute Gasteiger partial charge is 0.289 e. The monoisotopic (exact) mass is 258 g/mol. The number of alkyl halides is 2. The molecule has 0 amide bonds. The molecule has 0 heterocycles. The van der Waals surface area contributed by atoms with Crippen LogP contribution in [-0.4, -0.2) is 5.78 Å². The lowest BCUT2D eigenvalue weighted by Crippen LogP contribution is -1.94. The Balaban J connectivity index is 2.22. The van der Waals surface area contributed by atoms with Crippen molar-refractivity contribution < 1.29 is 13.6 Å². The number of carbonyl (C=O) groups is 1. The van der Waals surface area contributed by atoms with E-state index in [9.17, 15) is 13.6 Å². The van der Waals surface area contributed by atoms with Gasteiger partial charge in [-0.15, -0.1) is 0 Å². The first kappa shape index (κ1) is 13.1. The van der Waals surface area contributed by atoms with E-state index in [1.807, 2.05) is 6.07 Å². The van der Waals surface area contributed by atoms with E-state index < -0.39 is 6.43 Å². The van der Waals surface area contributed by atoms with Crippen LogP contribution in [0.3, 0.4) is 0 Å². The number of hydrogen-bond donors (Lipinski definition) is 0. The molecule has 0 aliphatic heterocycles. The highest BCUT2D eigenvalue weighted by Crippen LogP contribution is 2.23. The molecule has 19 heavy (non-hydrogen) atoms. The number of rotatable bonds is 4. The van der Waals surface area contributed by atoms with Crippen molar-refractivity contribution in [2.45, 2.75) is 6.43 Å². The molecule has 0 saturated heterocycles. The summed E-state index contributed by atoms with van der Waals surface area (Å²) in [5.41, 5.74) is 0.828. The first-order chi connectivity index (χ1) is 9.18. The van der Waals surface area contributed by atoms with Gasteiger partial charge in [0, 0.05) is 11.1 Å². The van der Waals surface area contributed by atoms with Gasteiger partial charge in [0.1, 0.15) is 0 Å². The molecule has 0 bridgehead atoms. The predicted octanol–water partition coefficient (Wildman–Crippen LogP) is 4.52. The van der Waals surface area contributed by atoms with Gasteiger partial charge in [-0.2, -0.15) is 0 Å². The van der Waals surface area contributed by atoms with Crippen LogP contribution in [0, 0.1) is 0 Å². The standard InChI is InChI=1S/C16H12F2O/c17-16(18)14-9-5-4-6-12(14)10-11-15(19)13-7-2-1-3-8-13/h1-11,16H. The number of carbonyl (C=O) groups excluding carboxylic acids is 1. The van der Waals surface area contributed by atoms with E-state index in [0.717, 1.165) is 0 Å². The minimum Gasteiger partial charge on any atom is -0.289 e. The highest BCUT2D eigenvalue weighted by Gasteiger charge is 2.10. The van der Waals surface area contributed by atoms with Crippen molar-refractivity contribution in [2.75, 3.05) is 0 Å². The Hall–Kier alpha value is -2.29. The molecule has 2 aromatic rings. The summed E-state index contributed by atoms with van der Waals surface area (Å²) in [5.74, 6) is -0.204. The quantitative estimate of drug-likeness (QED) is 0.582. The molecule has 0 aliphatic rings. The third-order valence-electron chi connectivity index (χ3n) is 2.70. The molecule has 0 unspecified atom stereocenters. The van der Waals surface area contributed by atoms with E-state index in [-0.39, 0.29) is 11.3 Å². The van der Waals surface area contributed by atoms with Crippen molar-refractivity contribution in [1.82, 2.24) is 0 Å². The van der Waals surface area contributed by atoms with E-state index >= 15 is 0 Å². The van der Waals surface area contributed by atoms with Crippen LogP contribution in [0.1, 0.15) is 27.9 Å². The zero-order chi connectivity index (χ0) is 13.7. The van der Waals surface area contributed by atoms with Crippen molar-refractivity contribution in [3.05, 3.63) is 77.4 Å². The van der Waals surface area contributed by atoms with Crippen molar-refractivity contribution >= 4 is 11.9 Å². The van der Waals surface area contributed by atoms with Crippen LogP contribution >= 0.6 is 0 Å². The topological polar surface area (TPSA) is 17.1 Å². The smallest absolute Gasteiger partial charge is 0.264 e. The summed E-state index contributed by atoms with van der Waals surface area (Å²) in [7, 11) is 0. The average Bonchev–Trinajstić information content (AvgIpc) is 2.46. The number of ketones is 1. The molecule has 2 aromatic carbocycles. The van der Waals surface area contributed by atoms with Gasteiger partial charge in [0.15, 0.2) is 5.78 Å². The molecule has 0 aromatic heterocycles. The van der Waals surface area contributed by atoms with Gasteiger partial charge < -0.3 is 0 Å². The van der Waals surface area contributed by atoms with Gasteiger partial charge in [-0.3, -0.25) is 4.79 Å². The zero-order valence-corrected chi connectivity index (χ0v) is 10.1. The molecule has 0 spiro atoms. The summed E-state index contributed by atoms with van der Waals surface area (Å²) < 4.78 is 25.5. The Morgan fingerprint density at radius 3 is 2.26 bits per heavy atom. The van der Waals surface area contributed by atoms with Crippen LogP contribution in [0.4, 0.5) is 8.78 Å². The van der Waals surface area contributed by atoms with Gasteiger partial charge in [-0.05, 0) is 11.6 Å². The number of benzene rings is 2. The summed E-state index contributed by atoms with van der Waals surface area (Å²) in [6.45, 7) is 0. The van der Waals surface area contributed by atoms with Crippen molar-refractivity contribution in [1.29, 1.82) is 0 Å². The normalized spacial score (nSPS) is 11.1. The minimum absolute atomic E-state index is 0.0698. The molecular weight excluding hydrogens is 246 g/mol.